The molecule has 170 valence electrons. The second-order valence-corrected chi connectivity index (χ2v) is 7.66. The summed E-state index contributed by atoms with van der Waals surface area (Å²) in [7, 11) is 0. The maximum absolute atomic E-state index is 12.8. The third-order valence-electron chi connectivity index (χ3n) is 5.51. The van der Waals surface area contributed by atoms with Gasteiger partial charge in [-0.25, -0.2) is 19.3 Å². The zero-order valence-electron chi connectivity index (χ0n) is 18.1. The monoisotopic (exact) mass is 450 g/mol. The molecule has 3 aromatic rings. The van der Waals surface area contributed by atoms with Gasteiger partial charge in [-0.1, -0.05) is 43.6 Å². The summed E-state index contributed by atoms with van der Waals surface area (Å²) < 4.78 is 14.6. The van der Waals surface area contributed by atoms with E-state index < -0.39 is 35.6 Å². The molecule has 0 amide bonds. The Bertz CT molecular complexity index is 1220. The highest BCUT2D eigenvalue weighted by Gasteiger charge is 2.56. The van der Waals surface area contributed by atoms with Crippen molar-refractivity contribution in [2.45, 2.75) is 44.7 Å². The summed E-state index contributed by atoms with van der Waals surface area (Å²) in [6.07, 6.45) is 3.36. The molecule has 1 fully saturated rings. The average molecular weight is 450 g/mol. The molecule has 0 spiro atoms. The minimum atomic E-state index is -1.47. The quantitative estimate of drug-likeness (QED) is 0.232. The highest BCUT2D eigenvalue weighted by molar-refractivity contribution is 5.89. The van der Waals surface area contributed by atoms with Gasteiger partial charge in [0.15, 0.2) is 11.5 Å². The summed E-state index contributed by atoms with van der Waals surface area (Å²) in [6.45, 7) is 3.67. The number of ether oxygens (including phenoxy) is 2. The summed E-state index contributed by atoms with van der Waals surface area (Å²) >= 11 is 0. The zero-order chi connectivity index (χ0) is 23.4. The molecule has 0 radical (unpaired) electrons. The van der Waals surface area contributed by atoms with Crippen molar-refractivity contribution in [3.8, 4) is 5.82 Å². The standard InChI is InChI=1S/C21H22N8O4/c1-3-10-21(26-27-22)17(32-19(30)15-7-5-4-6-8-15)14(2)18(33-21)28-11-9-16(25-20(28)31)29-13-23-12-24-29/h4-9,11-14,17-18H,3,10H2,1-2H3/t14-,17-,18+,21+/m0/s1. The van der Waals surface area contributed by atoms with Gasteiger partial charge in [-0.15, -0.1) is 0 Å². The minimum absolute atomic E-state index is 0.293. The van der Waals surface area contributed by atoms with Gasteiger partial charge in [0.25, 0.3) is 0 Å². The molecular formula is C21H22N8O4. The van der Waals surface area contributed by atoms with E-state index in [1.165, 1.54) is 28.1 Å². The van der Waals surface area contributed by atoms with Crippen molar-refractivity contribution < 1.29 is 14.3 Å². The molecule has 0 aliphatic carbocycles. The van der Waals surface area contributed by atoms with E-state index in [0.29, 0.717) is 24.2 Å². The van der Waals surface area contributed by atoms with Crippen LogP contribution in [0.15, 0.2) is 65.2 Å². The molecule has 0 unspecified atom stereocenters. The van der Waals surface area contributed by atoms with E-state index in [2.05, 4.69) is 25.1 Å². The Morgan fingerprint density at radius 3 is 2.76 bits per heavy atom. The highest BCUT2D eigenvalue weighted by Crippen LogP contribution is 2.46. The number of rotatable bonds is 7. The number of hydrogen-bond donors (Lipinski definition) is 0. The van der Waals surface area contributed by atoms with Crippen LogP contribution in [0.2, 0.25) is 0 Å². The molecule has 1 aromatic carbocycles. The molecular weight excluding hydrogens is 428 g/mol. The lowest BCUT2D eigenvalue weighted by molar-refractivity contribution is -0.108. The van der Waals surface area contributed by atoms with Crippen LogP contribution in [0.4, 0.5) is 0 Å². The van der Waals surface area contributed by atoms with Crippen LogP contribution in [-0.2, 0) is 9.47 Å². The first-order valence-electron chi connectivity index (χ1n) is 10.4. The second-order valence-electron chi connectivity index (χ2n) is 7.66. The summed E-state index contributed by atoms with van der Waals surface area (Å²) in [6, 6.07) is 10.1. The zero-order valence-corrected chi connectivity index (χ0v) is 18.1. The Labute approximate surface area is 188 Å². The molecule has 2 aromatic heterocycles. The number of carbonyl (C=O) groups excluding carboxylic acids is 1. The van der Waals surface area contributed by atoms with E-state index in [4.69, 9.17) is 9.47 Å². The van der Waals surface area contributed by atoms with Crippen LogP contribution in [-0.4, -0.2) is 42.1 Å². The van der Waals surface area contributed by atoms with Crippen molar-refractivity contribution in [3.63, 3.8) is 0 Å². The topological polar surface area (TPSA) is 150 Å². The van der Waals surface area contributed by atoms with Gasteiger partial charge in [-0.3, -0.25) is 4.57 Å². The lowest BCUT2D eigenvalue weighted by Gasteiger charge is -2.29. The Morgan fingerprint density at radius 1 is 1.33 bits per heavy atom. The van der Waals surface area contributed by atoms with Crippen LogP contribution in [0.25, 0.3) is 16.3 Å². The van der Waals surface area contributed by atoms with Crippen LogP contribution in [0, 0.1) is 5.92 Å². The molecule has 4 atom stereocenters. The van der Waals surface area contributed by atoms with E-state index in [9.17, 15) is 15.1 Å². The SMILES string of the molecule is CCC[C@@]1(N=[N+]=[N-])O[C@@H](n2ccc(-n3cncn3)nc2=O)[C@@H](C)[C@@H]1OC(=O)c1ccccc1. The second kappa shape index (κ2) is 9.23. The Hall–Kier alpha value is -4.02. The van der Waals surface area contributed by atoms with Gasteiger partial charge in [-0.2, -0.15) is 10.1 Å². The molecule has 12 heteroatoms. The summed E-state index contributed by atoms with van der Waals surface area (Å²) in [5.74, 6) is -0.801. The van der Waals surface area contributed by atoms with E-state index >= 15 is 0 Å². The number of hydrogen-bond acceptors (Lipinski definition) is 8. The molecule has 1 aliphatic rings. The smallest absolute Gasteiger partial charge is 0.351 e. The lowest BCUT2D eigenvalue weighted by Crippen LogP contribution is -2.42. The first-order valence-corrected chi connectivity index (χ1v) is 10.4. The predicted octanol–water partition coefficient (Wildman–Crippen LogP) is 3.02. The maximum Gasteiger partial charge on any atom is 0.351 e. The molecule has 12 nitrogen and oxygen atoms in total. The molecule has 1 saturated heterocycles. The third kappa shape index (κ3) is 4.21. The third-order valence-corrected chi connectivity index (χ3v) is 5.51. The minimum Gasteiger partial charge on any atom is -0.455 e. The highest BCUT2D eigenvalue weighted by atomic mass is 16.6. The van der Waals surface area contributed by atoms with Gasteiger partial charge in [0.1, 0.15) is 25.0 Å². The molecule has 0 bridgehead atoms. The fourth-order valence-electron chi connectivity index (χ4n) is 4.03. The van der Waals surface area contributed by atoms with Crippen molar-refractivity contribution >= 4 is 5.97 Å². The van der Waals surface area contributed by atoms with Crippen LogP contribution in [0.3, 0.4) is 0 Å². The van der Waals surface area contributed by atoms with E-state index in [-0.39, 0.29) is 0 Å². The first kappa shape index (κ1) is 22.2. The fraction of sp³-hybridized carbons (Fsp3) is 0.381. The number of carbonyl (C=O) groups is 1. The summed E-state index contributed by atoms with van der Waals surface area (Å²) in [5, 5.41) is 7.88. The van der Waals surface area contributed by atoms with Gasteiger partial charge >= 0.3 is 11.7 Å². The number of nitrogens with zero attached hydrogens (tertiary/aromatic N) is 8. The average Bonchev–Trinajstić information content (AvgIpc) is 3.44. The molecule has 3 heterocycles. The van der Waals surface area contributed by atoms with Crippen LogP contribution in [0.5, 0.6) is 0 Å². The largest absolute Gasteiger partial charge is 0.455 e. The van der Waals surface area contributed by atoms with Gasteiger partial charge in [0, 0.05) is 17.0 Å². The van der Waals surface area contributed by atoms with Crippen molar-refractivity contribution in [3.05, 3.63) is 81.7 Å². The van der Waals surface area contributed by atoms with Gasteiger partial charge in [-0.05, 0) is 30.2 Å². The van der Waals surface area contributed by atoms with Crippen LogP contribution >= 0.6 is 0 Å². The Balaban J connectivity index is 1.70. The van der Waals surface area contributed by atoms with Gasteiger partial charge < -0.3 is 9.47 Å². The van der Waals surface area contributed by atoms with Crippen LogP contribution in [0.1, 0.15) is 43.3 Å². The Morgan fingerprint density at radius 2 is 2.12 bits per heavy atom. The molecule has 0 saturated carbocycles. The molecule has 0 N–H and O–H groups in total. The van der Waals surface area contributed by atoms with Gasteiger partial charge in [0.2, 0.25) is 0 Å². The molecule has 1 aliphatic heterocycles. The summed E-state index contributed by atoms with van der Waals surface area (Å²) in [5.41, 5.74) is 7.56. The van der Waals surface area contributed by atoms with Gasteiger partial charge in [0.05, 0.1) is 5.56 Å². The first-order chi connectivity index (χ1) is 16.0. The van der Waals surface area contributed by atoms with E-state index in [0.717, 1.165) is 0 Å². The number of benzene rings is 1. The van der Waals surface area contributed by atoms with Crippen molar-refractivity contribution in [2.75, 3.05) is 0 Å². The van der Waals surface area contributed by atoms with Crippen molar-refractivity contribution in [1.82, 2.24) is 24.3 Å². The molecule has 33 heavy (non-hydrogen) atoms. The number of esters is 1. The number of aromatic nitrogens is 5. The lowest BCUT2D eigenvalue weighted by atomic mass is 9.94. The molecule has 4 rings (SSSR count). The Kier molecular flexibility index (Phi) is 6.20. The van der Waals surface area contributed by atoms with Crippen molar-refractivity contribution in [2.24, 2.45) is 11.0 Å². The van der Waals surface area contributed by atoms with Crippen LogP contribution < -0.4 is 5.69 Å². The summed E-state index contributed by atoms with van der Waals surface area (Å²) in [4.78, 5) is 36.5. The number of azide groups is 1. The normalized spacial score (nSPS) is 24.2. The van der Waals surface area contributed by atoms with E-state index in [1.54, 1.807) is 43.3 Å². The maximum atomic E-state index is 12.8. The van der Waals surface area contributed by atoms with E-state index in [1.807, 2.05) is 6.92 Å². The predicted molar refractivity (Wildman–Crippen MR) is 115 cm³/mol. The van der Waals surface area contributed by atoms with Crippen molar-refractivity contribution in [1.29, 1.82) is 0 Å². The fourth-order valence-corrected chi connectivity index (χ4v) is 4.03.